The van der Waals surface area contributed by atoms with Crippen LogP contribution in [-0.4, -0.2) is 177 Å². The Morgan fingerprint density at radius 1 is 0.328 bits per heavy atom. The molecule has 0 unspecified atom stereocenters. The van der Waals surface area contributed by atoms with E-state index in [4.69, 9.17) is 71.1 Å². The van der Waals surface area contributed by atoms with E-state index in [0.717, 1.165) is 69.2 Å². The van der Waals surface area contributed by atoms with Crippen LogP contribution in [-0.2, 0) is 119 Å². The fourth-order valence-corrected chi connectivity index (χ4v) is 6.77. The van der Waals surface area contributed by atoms with Gasteiger partial charge in [0.15, 0.2) is 61.6 Å². The number of ether oxygens (including phenoxy) is 15. The molecule has 3 fully saturated rings. The van der Waals surface area contributed by atoms with Gasteiger partial charge in [-0.05, 0) is 0 Å². The Kier molecular flexibility index (Phi) is 19.8. The van der Waals surface area contributed by atoms with Crippen molar-refractivity contribution < 1.29 is 124 Å². The van der Waals surface area contributed by atoms with Gasteiger partial charge in [0.1, 0.15) is 50.3 Å². The highest BCUT2D eigenvalue weighted by atomic mass is 16.8. The van der Waals surface area contributed by atoms with E-state index >= 15 is 0 Å². The summed E-state index contributed by atoms with van der Waals surface area (Å²) >= 11 is 0. The molecule has 26 heteroatoms. The van der Waals surface area contributed by atoms with Crippen molar-refractivity contribution in [3.8, 4) is 0 Å². The summed E-state index contributed by atoms with van der Waals surface area (Å²) < 4.78 is 84.3. The summed E-state index contributed by atoms with van der Waals surface area (Å²) in [6, 6.07) is 0. The lowest BCUT2D eigenvalue weighted by Crippen LogP contribution is -2.69. The van der Waals surface area contributed by atoms with Crippen LogP contribution in [0.2, 0.25) is 0 Å². The van der Waals surface area contributed by atoms with Gasteiger partial charge in [-0.25, -0.2) is 0 Å². The number of carbonyl (C=O) groups is 10. The molecule has 3 heterocycles. The minimum absolute atomic E-state index is 0.672. The smallest absolute Gasteiger partial charge is 0.303 e. The summed E-state index contributed by atoms with van der Waals surface area (Å²) in [5, 5.41) is 11.1. The number of hydrogen-bond donors (Lipinski definition) is 1. The van der Waals surface area contributed by atoms with E-state index in [0.29, 0.717) is 0 Å². The van der Waals surface area contributed by atoms with E-state index < -0.39 is 172 Å². The molecule has 3 saturated heterocycles. The van der Waals surface area contributed by atoms with Crippen molar-refractivity contribution in [1.29, 1.82) is 0 Å². The normalized spacial score (nSPS) is 32.3. The predicted molar refractivity (Wildman–Crippen MR) is 197 cm³/mol. The highest BCUT2D eigenvalue weighted by molar-refractivity contribution is 5.70. The van der Waals surface area contributed by atoms with Crippen LogP contribution in [0, 0.1) is 0 Å². The fraction of sp³-hybridized carbons (Fsp3) is 0.737. The summed E-state index contributed by atoms with van der Waals surface area (Å²) in [6.07, 6.45) is -27.7. The number of carbonyl (C=O) groups excluding carboxylic acids is 10. The van der Waals surface area contributed by atoms with Crippen molar-refractivity contribution in [3.05, 3.63) is 0 Å². The zero-order chi connectivity index (χ0) is 48.2. The molecule has 0 radical (unpaired) electrons. The number of aliphatic hydroxyl groups is 1. The average Bonchev–Trinajstić information content (AvgIpc) is 3.15. The Bertz CT molecular complexity index is 1730. The van der Waals surface area contributed by atoms with Crippen LogP contribution in [0.15, 0.2) is 0 Å². The second-order valence-corrected chi connectivity index (χ2v) is 14.3. The summed E-state index contributed by atoms with van der Waals surface area (Å²) in [4.78, 5) is 124. The van der Waals surface area contributed by atoms with Crippen LogP contribution in [0.1, 0.15) is 69.2 Å². The molecule has 15 atom stereocenters. The van der Waals surface area contributed by atoms with Gasteiger partial charge in [0, 0.05) is 69.2 Å². The molecule has 0 aliphatic carbocycles. The van der Waals surface area contributed by atoms with Crippen molar-refractivity contribution in [2.24, 2.45) is 0 Å². The molecule has 64 heavy (non-hydrogen) atoms. The van der Waals surface area contributed by atoms with Gasteiger partial charge in [-0.2, -0.15) is 0 Å². The summed E-state index contributed by atoms with van der Waals surface area (Å²) in [6.45, 7) is 7.65. The van der Waals surface area contributed by atoms with E-state index in [1.807, 2.05) is 0 Å². The monoisotopic (exact) mass is 924 g/mol. The number of rotatable bonds is 17. The fourth-order valence-electron chi connectivity index (χ4n) is 6.77. The quantitative estimate of drug-likeness (QED) is 0.123. The molecule has 0 aromatic rings. The predicted octanol–water partition coefficient (Wildman–Crippen LogP) is -1.86. The number of esters is 10. The van der Waals surface area contributed by atoms with Crippen LogP contribution in [0.3, 0.4) is 0 Å². The summed E-state index contributed by atoms with van der Waals surface area (Å²) in [5.41, 5.74) is 0. The van der Waals surface area contributed by atoms with Crippen LogP contribution in [0.5, 0.6) is 0 Å². The third-order valence-electron chi connectivity index (χ3n) is 8.84. The van der Waals surface area contributed by atoms with Gasteiger partial charge in [0.05, 0.1) is 0 Å². The molecule has 0 spiro atoms. The molecule has 0 saturated carbocycles. The largest absolute Gasteiger partial charge is 0.463 e. The van der Waals surface area contributed by atoms with Gasteiger partial charge < -0.3 is 76.2 Å². The van der Waals surface area contributed by atoms with E-state index in [1.54, 1.807) is 0 Å². The Hall–Kier alpha value is -5.54. The van der Waals surface area contributed by atoms with Crippen molar-refractivity contribution in [1.82, 2.24) is 0 Å². The molecule has 0 amide bonds. The third-order valence-corrected chi connectivity index (χ3v) is 8.84. The highest BCUT2D eigenvalue weighted by Gasteiger charge is 2.60. The number of hydrogen-bond acceptors (Lipinski definition) is 26. The summed E-state index contributed by atoms with van der Waals surface area (Å²) in [7, 11) is 0. The van der Waals surface area contributed by atoms with Crippen LogP contribution in [0.25, 0.3) is 0 Å². The first-order valence-electron chi connectivity index (χ1n) is 19.4. The maximum atomic E-state index is 12.9. The molecule has 26 nitrogen and oxygen atoms in total. The van der Waals surface area contributed by atoms with Gasteiger partial charge in [-0.1, -0.05) is 0 Å². The molecule has 0 aromatic carbocycles. The zero-order valence-electron chi connectivity index (χ0n) is 36.4. The van der Waals surface area contributed by atoms with E-state index in [-0.39, 0.29) is 0 Å². The second kappa shape index (κ2) is 23.9. The molecule has 0 bridgehead atoms. The van der Waals surface area contributed by atoms with Crippen LogP contribution < -0.4 is 0 Å². The standard InChI is InChI=1S/C38H52O26/c1-14(39)50-11-24-27(53-17(4)42)30(33(36(49)60-24)57-21(8)46)63-38-35(59-23(10)48)32(29(55-19(6)44)26(62-38)13-52-16(3)41)64-37-34(58-22(9)47)31(56-20(7)45)28(54-18(5)43)25(61-37)12-51-15(2)40/h24-38,49H,11-13H2,1-10H3/t24-,25-,26-,27-,28-,29-,30+,31+,32+,33-,34-,35-,36+,37+,38+/m1/s1. The first kappa shape index (κ1) is 52.8. The molecule has 3 aliphatic rings. The highest BCUT2D eigenvalue weighted by Crippen LogP contribution is 2.38. The van der Waals surface area contributed by atoms with Gasteiger partial charge in [-0.15, -0.1) is 0 Å². The van der Waals surface area contributed by atoms with E-state index in [9.17, 15) is 53.1 Å². The first-order chi connectivity index (χ1) is 29.9. The van der Waals surface area contributed by atoms with Crippen molar-refractivity contribution in [3.63, 3.8) is 0 Å². The lowest BCUT2D eigenvalue weighted by molar-refractivity contribution is -0.380. The first-order valence-corrected chi connectivity index (χ1v) is 19.4. The van der Waals surface area contributed by atoms with Gasteiger partial charge in [0.25, 0.3) is 0 Å². The Morgan fingerprint density at radius 3 is 0.906 bits per heavy atom. The molecule has 360 valence electrons. The molecule has 0 aromatic heterocycles. The van der Waals surface area contributed by atoms with Crippen molar-refractivity contribution >= 4 is 59.7 Å². The summed E-state index contributed by atoms with van der Waals surface area (Å²) in [5.74, 6) is -9.66. The molecular formula is C38H52O26. The van der Waals surface area contributed by atoms with Crippen LogP contribution >= 0.6 is 0 Å². The lowest BCUT2D eigenvalue weighted by atomic mass is 9.95. The average molecular weight is 925 g/mol. The minimum Gasteiger partial charge on any atom is -0.463 e. The van der Waals surface area contributed by atoms with Crippen molar-refractivity contribution in [2.75, 3.05) is 19.8 Å². The molecule has 3 rings (SSSR count). The SMILES string of the molecule is CC(=O)OC[C@H]1O[C@H](O)[C@H](OC(C)=O)[C@@H](O[C@@H]2O[C@H](COC(C)=O)[C@@H](OC(C)=O)[C@H](O[C@@H]3O[C@H](COC(C)=O)[C@@H](OC(C)=O)[C@H](OC(C)=O)[C@H]3OC(C)=O)[C@H]2OC(C)=O)[C@@H]1OC(C)=O. The maximum absolute atomic E-state index is 12.9. The van der Waals surface area contributed by atoms with Crippen LogP contribution in [0.4, 0.5) is 0 Å². The van der Waals surface area contributed by atoms with E-state index in [2.05, 4.69) is 0 Å². The number of aliphatic hydroxyl groups excluding tert-OH is 1. The zero-order valence-corrected chi connectivity index (χ0v) is 36.4. The minimum atomic E-state index is -2.09. The Balaban J connectivity index is 2.33. The van der Waals surface area contributed by atoms with E-state index in [1.165, 1.54) is 0 Å². The van der Waals surface area contributed by atoms with Gasteiger partial charge in [-0.3, -0.25) is 47.9 Å². The van der Waals surface area contributed by atoms with Crippen molar-refractivity contribution in [2.45, 2.75) is 161 Å². The third kappa shape index (κ3) is 15.6. The molecule has 1 N–H and O–H groups in total. The molecule has 3 aliphatic heterocycles. The van der Waals surface area contributed by atoms with Gasteiger partial charge in [0.2, 0.25) is 0 Å². The topological polar surface area (TPSA) is 329 Å². The Morgan fingerprint density at radius 2 is 0.578 bits per heavy atom. The second-order valence-electron chi connectivity index (χ2n) is 14.3. The maximum Gasteiger partial charge on any atom is 0.303 e. The molecular weight excluding hydrogens is 872 g/mol. The Labute approximate surface area is 364 Å². The van der Waals surface area contributed by atoms with Gasteiger partial charge >= 0.3 is 59.7 Å². The lowest BCUT2D eigenvalue weighted by Gasteiger charge is -2.50.